The van der Waals surface area contributed by atoms with Crippen LogP contribution in [-0.2, 0) is 9.47 Å². The minimum Gasteiger partial charge on any atom is -0.394 e. The third kappa shape index (κ3) is 7.20. The van der Waals surface area contributed by atoms with Gasteiger partial charge in [0.25, 0.3) is 0 Å². The molecule has 0 aromatic rings. The summed E-state index contributed by atoms with van der Waals surface area (Å²) in [5.74, 6) is 0. The Bertz CT molecular complexity index is 284. The summed E-state index contributed by atoms with van der Waals surface area (Å²) in [6, 6.07) is 0. The van der Waals surface area contributed by atoms with E-state index < -0.39 is 24.4 Å². The van der Waals surface area contributed by atoms with Crippen LogP contribution >= 0.6 is 0 Å². The Hall–Kier alpha value is -0.460. The van der Waals surface area contributed by atoms with Crippen LogP contribution < -0.4 is 0 Å². The molecule has 22 heavy (non-hydrogen) atoms. The van der Waals surface area contributed by atoms with Crippen molar-refractivity contribution in [3.8, 4) is 0 Å². The van der Waals surface area contributed by atoms with Gasteiger partial charge in [-0.2, -0.15) is 0 Å². The summed E-state index contributed by atoms with van der Waals surface area (Å²) < 4.78 is 10.9. The number of unbranched alkanes of at least 4 members (excludes halogenated alkanes) is 7. The third-order valence-corrected chi connectivity index (χ3v) is 4.12. The first-order valence-corrected chi connectivity index (χ1v) is 8.51. The standard InChI is InChI=1S/C17H32O5/c1-2-3-4-5-6-7-8-9-10-11-21-15(12-18)17-16(20)14(19)13-22-17/h2,14-20H,1,3-13H2/t14-,15+,16+,17+/m1/s1. The average Bonchev–Trinajstić information content (AvgIpc) is 2.85. The highest BCUT2D eigenvalue weighted by Crippen LogP contribution is 2.20. The fourth-order valence-electron chi connectivity index (χ4n) is 2.71. The Labute approximate surface area is 133 Å². The summed E-state index contributed by atoms with van der Waals surface area (Å²) in [5, 5.41) is 28.5. The summed E-state index contributed by atoms with van der Waals surface area (Å²) in [6.07, 6.45) is 8.29. The summed E-state index contributed by atoms with van der Waals surface area (Å²) in [7, 11) is 0. The van der Waals surface area contributed by atoms with Crippen molar-refractivity contribution >= 4 is 0 Å². The van der Waals surface area contributed by atoms with E-state index in [1.165, 1.54) is 32.1 Å². The van der Waals surface area contributed by atoms with Crippen LogP contribution in [0.4, 0.5) is 0 Å². The van der Waals surface area contributed by atoms with Crippen molar-refractivity contribution in [2.24, 2.45) is 0 Å². The average molecular weight is 316 g/mol. The Balaban J connectivity index is 1.99. The second-order valence-electron chi connectivity index (χ2n) is 6.00. The summed E-state index contributed by atoms with van der Waals surface area (Å²) in [6.45, 7) is 4.15. The predicted molar refractivity (Wildman–Crippen MR) is 85.7 cm³/mol. The van der Waals surface area contributed by atoms with E-state index in [0.717, 1.165) is 19.3 Å². The van der Waals surface area contributed by atoms with Crippen LogP contribution in [0, 0.1) is 0 Å². The van der Waals surface area contributed by atoms with Crippen LogP contribution in [0.1, 0.15) is 51.4 Å². The largest absolute Gasteiger partial charge is 0.394 e. The van der Waals surface area contributed by atoms with E-state index in [0.29, 0.717) is 6.61 Å². The van der Waals surface area contributed by atoms with Gasteiger partial charge < -0.3 is 24.8 Å². The molecular weight excluding hydrogens is 284 g/mol. The molecule has 1 fully saturated rings. The van der Waals surface area contributed by atoms with Crippen LogP contribution in [0.15, 0.2) is 12.7 Å². The van der Waals surface area contributed by atoms with Crippen LogP contribution in [0.2, 0.25) is 0 Å². The molecule has 3 N–H and O–H groups in total. The molecule has 0 bridgehead atoms. The molecule has 1 saturated heterocycles. The molecule has 0 aromatic carbocycles. The minimum absolute atomic E-state index is 0.0948. The Morgan fingerprint density at radius 3 is 2.27 bits per heavy atom. The summed E-state index contributed by atoms with van der Waals surface area (Å²) in [5.41, 5.74) is 0. The fourth-order valence-corrected chi connectivity index (χ4v) is 2.71. The lowest BCUT2D eigenvalue weighted by Crippen LogP contribution is -2.42. The second kappa shape index (κ2) is 12.0. The number of allylic oxidation sites excluding steroid dienone is 1. The topological polar surface area (TPSA) is 79.2 Å². The van der Waals surface area contributed by atoms with Crippen molar-refractivity contribution in [1.29, 1.82) is 0 Å². The van der Waals surface area contributed by atoms with Gasteiger partial charge in [0.1, 0.15) is 24.4 Å². The van der Waals surface area contributed by atoms with Crippen LogP contribution in [0.5, 0.6) is 0 Å². The molecule has 0 unspecified atom stereocenters. The third-order valence-electron chi connectivity index (χ3n) is 4.12. The maximum absolute atomic E-state index is 9.75. The van der Waals surface area contributed by atoms with Crippen molar-refractivity contribution in [3.63, 3.8) is 0 Å². The van der Waals surface area contributed by atoms with Gasteiger partial charge in [-0.25, -0.2) is 0 Å². The van der Waals surface area contributed by atoms with Gasteiger partial charge in [0.2, 0.25) is 0 Å². The van der Waals surface area contributed by atoms with Crippen LogP contribution in [0.25, 0.3) is 0 Å². The lowest BCUT2D eigenvalue weighted by Gasteiger charge is -2.24. The number of rotatable bonds is 13. The quantitative estimate of drug-likeness (QED) is 0.357. The van der Waals surface area contributed by atoms with E-state index in [1.54, 1.807) is 0 Å². The molecule has 0 aliphatic carbocycles. The van der Waals surface area contributed by atoms with Gasteiger partial charge in [0, 0.05) is 6.61 Å². The van der Waals surface area contributed by atoms with Crippen molar-refractivity contribution < 1.29 is 24.8 Å². The number of hydrogen-bond donors (Lipinski definition) is 3. The SMILES string of the molecule is C=CCCCCCCCCCO[C@@H](CO)[C@@H]1OC[C@@H](O)[C@@H]1O. The zero-order valence-corrected chi connectivity index (χ0v) is 13.5. The predicted octanol–water partition coefficient (Wildman–Crippen LogP) is 1.79. The molecule has 0 radical (unpaired) electrons. The van der Waals surface area contributed by atoms with Crippen LogP contribution in [0.3, 0.4) is 0 Å². The first-order valence-electron chi connectivity index (χ1n) is 8.51. The number of ether oxygens (including phenoxy) is 2. The molecule has 1 heterocycles. The lowest BCUT2D eigenvalue weighted by atomic mass is 10.1. The van der Waals surface area contributed by atoms with Crippen molar-refractivity contribution in [2.75, 3.05) is 19.8 Å². The molecule has 0 spiro atoms. The molecule has 1 aliphatic rings. The van der Waals surface area contributed by atoms with Gasteiger partial charge in [-0.3, -0.25) is 0 Å². The van der Waals surface area contributed by atoms with Gasteiger partial charge in [-0.1, -0.05) is 38.2 Å². The van der Waals surface area contributed by atoms with Crippen LogP contribution in [-0.4, -0.2) is 59.6 Å². The van der Waals surface area contributed by atoms with Crippen molar-refractivity contribution in [2.45, 2.75) is 75.8 Å². The lowest BCUT2D eigenvalue weighted by molar-refractivity contribution is -0.101. The Morgan fingerprint density at radius 2 is 1.73 bits per heavy atom. The molecule has 0 amide bonds. The number of aliphatic hydroxyl groups is 3. The fraction of sp³-hybridized carbons (Fsp3) is 0.882. The minimum atomic E-state index is -0.979. The smallest absolute Gasteiger partial charge is 0.114 e. The molecule has 4 atom stereocenters. The van der Waals surface area contributed by atoms with Gasteiger partial charge >= 0.3 is 0 Å². The van der Waals surface area contributed by atoms with E-state index in [-0.39, 0.29) is 13.2 Å². The molecule has 5 nitrogen and oxygen atoms in total. The molecule has 1 aliphatic heterocycles. The van der Waals surface area contributed by atoms with Gasteiger partial charge in [0.05, 0.1) is 13.2 Å². The monoisotopic (exact) mass is 316 g/mol. The molecule has 0 aromatic heterocycles. The molecule has 0 saturated carbocycles. The van der Waals surface area contributed by atoms with Gasteiger partial charge in [-0.05, 0) is 19.3 Å². The first kappa shape index (κ1) is 19.6. The number of hydrogen-bond acceptors (Lipinski definition) is 5. The van der Waals surface area contributed by atoms with E-state index in [9.17, 15) is 15.3 Å². The highest BCUT2D eigenvalue weighted by molar-refractivity contribution is 4.88. The maximum Gasteiger partial charge on any atom is 0.114 e. The molecule has 130 valence electrons. The van der Waals surface area contributed by atoms with Crippen molar-refractivity contribution in [1.82, 2.24) is 0 Å². The van der Waals surface area contributed by atoms with E-state index >= 15 is 0 Å². The van der Waals surface area contributed by atoms with Gasteiger partial charge in [-0.15, -0.1) is 6.58 Å². The highest BCUT2D eigenvalue weighted by Gasteiger charge is 2.40. The number of aliphatic hydroxyl groups excluding tert-OH is 3. The van der Waals surface area contributed by atoms with Crippen molar-refractivity contribution in [3.05, 3.63) is 12.7 Å². The summed E-state index contributed by atoms with van der Waals surface area (Å²) >= 11 is 0. The molecule has 1 rings (SSSR count). The van der Waals surface area contributed by atoms with E-state index in [2.05, 4.69) is 6.58 Å². The molecule has 5 heteroatoms. The normalized spacial score (nSPS) is 26.2. The first-order chi connectivity index (χ1) is 10.7. The zero-order chi connectivity index (χ0) is 16.2. The van der Waals surface area contributed by atoms with E-state index in [1.807, 2.05) is 6.08 Å². The Morgan fingerprint density at radius 1 is 1.09 bits per heavy atom. The molecular formula is C17H32O5. The second-order valence-corrected chi connectivity index (χ2v) is 6.00. The maximum atomic E-state index is 9.75. The highest BCUT2D eigenvalue weighted by atomic mass is 16.6. The summed E-state index contributed by atoms with van der Waals surface area (Å²) in [4.78, 5) is 0. The van der Waals surface area contributed by atoms with Gasteiger partial charge in [0.15, 0.2) is 0 Å². The van der Waals surface area contributed by atoms with E-state index in [4.69, 9.17) is 9.47 Å². The zero-order valence-electron chi connectivity index (χ0n) is 13.5. The Kier molecular flexibility index (Phi) is 10.7.